The van der Waals surface area contributed by atoms with Gasteiger partial charge < -0.3 is 5.73 Å². The van der Waals surface area contributed by atoms with Crippen LogP contribution < -0.4 is 5.73 Å². The zero-order valence-corrected chi connectivity index (χ0v) is 12.0. The summed E-state index contributed by atoms with van der Waals surface area (Å²) in [6, 6.07) is 10.2. The van der Waals surface area contributed by atoms with E-state index in [4.69, 9.17) is 5.73 Å². The van der Waals surface area contributed by atoms with Crippen LogP contribution in [0.15, 0.2) is 35.7 Å². The molecule has 0 fully saturated rings. The molecule has 0 aliphatic rings. The van der Waals surface area contributed by atoms with Crippen molar-refractivity contribution in [2.24, 2.45) is 5.73 Å². The molecule has 2 nitrogen and oxygen atoms in total. The molecule has 0 amide bonds. The first-order valence-corrected chi connectivity index (χ1v) is 7.10. The lowest BCUT2D eigenvalue weighted by atomic mass is 9.98. The van der Waals surface area contributed by atoms with E-state index in [0.29, 0.717) is 0 Å². The Morgan fingerprint density at radius 1 is 1.22 bits per heavy atom. The molecule has 0 spiro atoms. The highest BCUT2D eigenvalue weighted by molar-refractivity contribution is 7.09. The van der Waals surface area contributed by atoms with Crippen LogP contribution in [-0.4, -0.2) is 4.98 Å². The van der Waals surface area contributed by atoms with Crippen LogP contribution in [0, 0.1) is 0 Å². The SMILES string of the molecule is CC(C)(C)c1nc(CC(N)c2ccccc2)cs1. The summed E-state index contributed by atoms with van der Waals surface area (Å²) in [7, 11) is 0. The molecule has 18 heavy (non-hydrogen) atoms. The average Bonchev–Trinajstić information content (AvgIpc) is 2.78. The summed E-state index contributed by atoms with van der Waals surface area (Å²) in [5.74, 6) is 0. The molecule has 2 aromatic rings. The lowest BCUT2D eigenvalue weighted by molar-refractivity contribution is 0.580. The number of nitrogens with zero attached hydrogens (tertiary/aromatic N) is 1. The Hall–Kier alpha value is -1.19. The maximum atomic E-state index is 6.21. The van der Waals surface area contributed by atoms with E-state index in [1.807, 2.05) is 18.2 Å². The third-order valence-electron chi connectivity index (χ3n) is 2.85. The van der Waals surface area contributed by atoms with Crippen LogP contribution in [0.1, 0.15) is 43.1 Å². The van der Waals surface area contributed by atoms with Crippen LogP contribution in [0.2, 0.25) is 0 Å². The van der Waals surface area contributed by atoms with Crippen LogP contribution in [0.25, 0.3) is 0 Å². The van der Waals surface area contributed by atoms with Gasteiger partial charge in [-0.2, -0.15) is 0 Å². The number of aromatic nitrogens is 1. The molecule has 0 aliphatic heterocycles. The maximum absolute atomic E-state index is 6.21. The molecule has 2 rings (SSSR count). The number of benzene rings is 1. The fourth-order valence-electron chi connectivity index (χ4n) is 1.79. The fourth-order valence-corrected chi connectivity index (χ4v) is 2.71. The first kappa shape index (κ1) is 13.2. The predicted octanol–water partition coefficient (Wildman–Crippen LogP) is 3.68. The summed E-state index contributed by atoms with van der Waals surface area (Å²) < 4.78 is 0. The van der Waals surface area contributed by atoms with Gasteiger partial charge in [-0.1, -0.05) is 51.1 Å². The molecule has 0 saturated heterocycles. The molecule has 1 aromatic heterocycles. The van der Waals surface area contributed by atoms with Gasteiger partial charge in [0.25, 0.3) is 0 Å². The molecule has 1 atom stereocenters. The summed E-state index contributed by atoms with van der Waals surface area (Å²) in [4.78, 5) is 4.69. The molecule has 1 aromatic carbocycles. The minimum atomic E-state index is 0.0288. The molecule has 1 unspecified atom stereocenters. The van der Waals surface area contributed by atoms with Gasteiger partial charge in [0.15, 0.2) is 0 Å². The molecule has 0 aliphatic carbocycles. The average molecular weight is 260 g/mol. The monoisotopic (exact) mass is 260 g/mol. The largest absolute Gasteiger partial charge is 0.324 e. The second-order valence-electron chi connectivity index (χ2n) is 5.62. The van der Waals surface area contributed by atoms with Crippen LogP contribution in [0.3, 0.4) is 0 Å². The summed E-state index contributed by atoms with van der Waals surface area (Å²) in [6.07, 6.45) is 0.802. The van der Waals surface area contributed by atoms with E-state index in [2.05, 4.69) is 43.3 Å². The second kappa shape index (κ2) is 5.21. The molecular weight excluding hydrogens is 240 g/mol. The van der Waals surface area contributed by atoms with Crippen LogP contribution in [0.5, 0.6) is 0 Å². The second-order valence-corrected chi connectivity index (χ2v) is 6.47. The van der Waals surface area contributed by atoms with E-state index in [1.165, 1.54) is 10.6 Å². The normalized spacial score (nSPS) is 13.6. The zero-order valence-electron chi connectivity index (χ0n) is 11.2. The van der Waals surface area contributed by atoms with E-state index in [1.54, 1.807) is 11.3 Å². The quantitative estimate of drug-likeness (QED) is 0.914. The molecule has 0 radical (unpaired) electrons. The van der Waals surface area contributed by atoms with Crippen LogP contribution >= 0.6 is 11.3 Å². The highest BCUT2D eigenvalue weighted by Gasteiger charge is 2.18. The van der Waals surface area contributed by atoms with Gasteiger partial charge >= 0.3 is 0 Å². The van der Waals surface area contributed by atoms with E-state index in [0.717, 1.165) is 12.1 Å². The van der Waals surface area contributed by atoms with Gasteiger partial charge in [-0.15, -0.1) is 11.3 Å². The van der Waals surface area contributed by atoms with Crippen molar-refractivity contribution in [3.63, 3.8) is 0 Å². The molecule has 2 N–H and O–H groups in total. The van der Waals surface area contributed by atoms with Crippen LogP contribution in [0.4, 0.5) is 0 Å². The van der Waals surface area contributed by atoms with Crippen molar-refractivity contribution >= 4 is 11.3 Å². The Kier molecular flexibility index (Phi) is 3.83. The van der Waals surface area contributed by atoms with E-state index >= 15 is 0 Å². The Morgan fingerprint density at radius 3 is 2.44 bits per heavy atom. The summed E-state index contributed by atoms with van der Waals surface area (Å²) in [6.45, 7) is 6.56. The van der Waals surface area contributed by atoms with E-state index < -0.39 is 0 Å². The number of hydrogen-bond acceptors (Lipinski definition) is 3. The number of nitrogens with two attached hydrogens (primary N) is 1. The van der Waals surface area contributed by atoms with Crippen molar-refractivity contribution in [2.75, 3.05) is 0 Å². The maximum Gasteiger partial charge on any atom is 0.0981 e. The fraction of sp³-hybridized carbons (Fsp3) is 0.400. The van der Waals surface area contributed by atoms with Crippen LogP contribution in [-0.2, 0) is 11.8 Å². The van der Waals surface area contributed by atoms with Gasteiger partial charge in [0, 0.05) is 23.3 Å². The number of rotatable bonds is 3. The lowest BCUT2D eigenvalue weighted by Crippen LogP contribution is -2.14. The number of hydrogen-bond donors (Lipinski definition) is 1. The van der Waals surface area contributed by atoms with Crippen molar-refractivity contribution in [3.8, 4) is 0 Å². The van der Waals surface area contributed by atoms with Crippen molar-refractivity contribution < 1.29 is 0 Å². The van der Waals surface area contributed by atoms with E-state index in [-0.39, 0.29) is 11.5 Å². The Labute approximate surface area is 113 Å². The van der Waals surface area contributed by atoms with Crippen molar-refractivity contribution in [3.05, 3.63) is 52.0 Å². The minimum absolute atomic E-state index is 0.0288. The summed E-state index contributed by atoms with van der Waals surface area (Å²) >= 11 is 1.73. The Morgan fingerprint density at radius 2 is 1.89 bits per heavy atom. The first-order chi connectivity index (χ1) is 8.47. The van der Waals surface area contributed by atoms with Gasteiger partial charge in [-0.25, -0.2) is 4.98 Å². The molecule has 0 bridgehead atoms. The van der Waals surface area contributed by atoms with Gasteiger partial charge in [0.1, 0.15) is 0 Å². The topological polar surface area (TPSA) is 38.9 Å². The van der Waals surface area contributed by atoms with Crippen molar-refractivity contribution in [1.29, 1.82) is 0 Å². The van der Waals surface area contributed by atoms with Gasteiger partial charge in [0.2, 0.25) is 0 Å². The van der Waals surface area contributed by atoms with Gasteiger partial charge in [0.05, 0.1) is 10.7 Å². The molecule has 0 saturated carbocycles. The zero-order chi connectivity index (χ0) is 13.2. The molecular formula is C15H20N2S. The molecule has 3 heteroatoms. The standard InChI is InChI=1S/C15H20N2S/c1-15(2,3)14-17-12(10-18-14)9-13(16)11-7-5-4-6-8-11/h4-8,10,13H,9,16H2,1-3H3. The minimum Gasteiger partial charge on any atom is -0.324 e. The Bertz CT molecular complexity index is 497. The number of thiazole rings is 1. The van der Waals surface area contributed by atoms with E-state index in [9.17, 15) is 0 Å². The third-order valence-corrected chi connectivity index (χ3v) is 4.17. The van der Waals surface area contributed by atoms with Gasteiger partial charge in [-0.3, -0.25) is 0 Å². The Balaban J connectivity index is 2.08. The molecule has 1 heterocycles. The summed E-state index contributed by atoms with van der Waals surface area (Å²) in [5, 5.41) is 3.31. The summed E-state index contributed by atoms with van der Waals surface area (Å²) in [5.41, 5.74) is 8.60. The first-order valence-electron chi connectivity index (χ1n) is 6.22. The predicted molar refractivity (Wildman–Crippen MR) is 77.9 cm³/mol. The molecule has 96 valence electrons. The third kappa shape index (κ3) is 3.18. The van der Waals surface area contributed by atoms with Crippen molar-refractivity contribution in [1.82, 2.24) is 4.98 Å². The highest BCUT2D eigenvalue weighted by atomic mass is 32.1. The smallest absolute Gasteiger partial charge is 0.0981 e. The van der Waals surface area contributed by atoms with Crippen molar-refractivity contribution in [2.45, 2.75) is 38.6 Å². The van der Waals surface area contributed by atoms with Gasteiger partial charge in [-0.05, 0) is 5.56 Å². The lowest BCUT2D eigenvalue weighted by Gasteiger charge is -2.14. The highest BCUT2D eigenvalue weighted by Crippen LogP contribution is 2.27.